The summed E-state index contributed by atoms with van der Waals surface area (Å²) in [7, 11) is 1.36. The fourth-order valence-electron chi connectivity index (χ4n) is 4.07. The smallest absolute Gasteiger partial charge is 0.340 e. The lowest BCUT2D eigenvalue weighted by molar-refractivity contribution is -0.123. The third kappa shape index (κ3) is 4.76. The largest absolute Gasteiger partial charge is 0.465 e. The zero-order valence-corrected chi connectivity index (χ0v) is 19.0. The van der Waals surface area contributed by atoms with E-state index in [0.717, 1.165) is 41.7 Å². The third-order valence-corrected chi connectivity index (χ3v) is 7.03. The van der Waals surface area contributed by atoms with Gasteiger partial charge in [0, 0.05) is 16.8 Å². The minimum absolute atomic E-state index is 0.00244. The molecule has 1 aliphatic rings. The van der Waals surface area contributed by atoms with Crippen LogP contribution in [0, 0.1) is 11.8 Å². The minimum Gasteiger partial charge on any atom is -0.465 e. The van der Waals surface area contributed by atoms with Crippen LogP contribution in [0.2, 0.25) is 0 Å². The Morgan fingerprint density at radius 3 is 2.50 bits per heavy atom. The quantitative estimate of drug-likeness (QED) is 0.636. The molecular weight excluding hydrogens is 398 g/mol. The van der Waals surface area contributed by atoms with Crippen LogP contribution < -0.4 is 4.90 Å². The molecule has 0 saturated heterocycles. The van der Waals surface area contributed by atoms with Crippen molar-refractivity contribution >= 4 is 28.2 Å². The molecule has 1 aliphatic carbocycles. The standard InChI is InChI=1S/C24H31NO4S/c1-15(2)25(22(27)18-10-8-16(3)9-11-18)23-20(24(28)29-4)13-21(30-23)19-7-5-6-17(12-19)14-26/h5-7,12-13,15-16,18,26H,8-11,14H2,1-4H3. The van der Waals surface area contributed by atoms with E-state index in [0.29, 0.717) is 16.5 Å². The Hall–Kier alpha value is -2.18. The molecule has 0 bridgehead atoms. The number of esters is 1. The van der Waals surface area contributed by atoms with Crippen LogP contribution in [0.5, 0.6) is 0 Å². The summed E-state index contributed by atoms with van der Waals surface area (Å²) in [6.07, 6.45) is 3.92. The average Bonchev–Trinajstić information content (AvgIpc) is 3.18. The average molecular weight is 430 g/mol. The number of rotatable bonds is 6. The van der Waals surface area contributed by atoms with Crippen molar-refractivity contribution in [3.63, 3.8) is 0 Å². The van der Waals surface area contributed by atoms with Crippen molar-refractivity contribution in [3.05, 3.63) is 41.5 Å². The molecule has 0 radical (unpaired) electrons. The molecule has 1 N–H and O–H groups in total. The second kappa shape index (κ2) is 9.75. The van der Waals surface area contributed by atoms with Crippen molar-refractivity contribution in [2.24, 2.45) is 11.8 Å². The highest BCUT2D eigenvalue weighted by Crippen LogP contribution is 2.41. The van der Waals surface area contributed by atoms with Crippen molar-refractivity contribution in [2.75, 3.05) is 12.0 Å². The van der Waals surface area contributed by atoms with E-state index in [9.17, 15) is 14.7 Å². The van der Waals surface area contributed by atoms with Crippen molar-refractivity contribution in [2.45, 2.75) is 59.1 Å². The second-order valence-corrected chi connectivity index (χ2v) is 9.47. The number of carbonyl (C=O) groups excluding carboxylic acids is 2. The molecule has 5 nitrogen and oxygen atoms in total. The first kappa shape index (κ1) is 22.5. The van der Waals surface area contributed by atoms with E-state index in [1.54, 1.807) is 11.0 Å². The van der Waals surface area contributed by atoms with E-state index >= 15 is 0 Å². The van der Waals surface area contributed by atoms with Crippen molar-refractivity contribution in [3.8, 4) is 10.4 Å². The number of anilines is 1. The molecule has 1 fully saturated rings. The van der Waals surface area contributed by atoms with Gasteiger partial charge in [-0.05, 0) is 68.7 Å². The molecule has 1 aromatic carbocycles. The maximum absolute atomic E-state index is 13.5. The zero-order chi connectivity index (χ0) is 21.8. The molecule has 0 unspecified atom stereocenters. The molecule has 0 aliphatic heterocycles. The van der Waals surface area contributed by atoms with Gasteiger partial charge in [0.25, 0.3) is 0 Å². The van der Waals surface area contributed by atoms with Crippen LogP contribution in [0.1, 0.15) is 62.4 Å². The predicted octanol–water partition coefficient (Wildman–Crippen LogP) is 5.26. The first-order valence-electron chi connectivity index (χ1n) is 10.6. The summed E-state index contributed by atoms with van der Waals surface area (Å²) in [5.74, 6) is 0.317. The summed E-state index contributed by atoms with van der Waals surface area (Å²) in [6.45, 7) is 6.15. The number of aliphatic hydroxyl groups excluding tert-OH is 1. The van der Waals surface area contributed by atoms with E-state index in [2.05, 4.69) is 6.92 Å². The SMILES string of the molecule is COC(=O)c1cc(-c2cccc(CO)c2)sc1N(C(=O)C1CCC(C)CC1)C(C)C. The van der Waals surface area contributed by atoms with Crippen LogP contribution in [0.3, 0.4) is 0 Å². The van der Waals surface area contributed by atoms with Crippen molar-refractivity contribution in [1.82, 2.24) is 0 Å². The van der Waals surface area contributed by atoms with Gasteiger partial charge in [-0.3, -0.25) is 4.79 Å². The topological polar surface area (TPSA) is 66.8 Å². The van der Waals surface area contributed by atoms with E-state index in [4.69, 9.17) is 4.74 Å². The number of nitrogens with zero attached hydrogens (tertiary/aromatic N) is 1. The van der Waals surface area contributed by atoms with Crippen LogP contribution >= 0.6 is 11.3 Å². The Kier molecular flexibility index (Phi) is 7.32. The maximum atomic E-state index is 13.5. The van der Waals surface area contributed by atoms with Crippen LogP contribution in [-0.2, 0) is 16.1 Å². The molecule has 0 atom stereocenters. The molecule has 1 aromatic heterocycles. The van der Waals surface area contributed by atoms with Crippen LogP contribution in [0.4, 0.5) is 5.00 Å². The minimum atomic E-state index is -0.443. The highest BCUT2D eigenvalue weighted by atomic mass is 32.1. The first-order chi connectivity index (χ1) is 14.3. The highest BCUT2D eigenvalue weighted by Gasteiger charge is 2.33. The van der Waals surface area contributed by atoms with E-state index < -0.39 is 5.97 Å². The maximum Gasteiger partial charge on any atom is 0.340 e. The van der Waals surface area contributed by atoms with E-state index in [-0.39, 0.29) is 24.5 Å². The highest BCUT2D eigenvalue weighted by molar-refractivity contribution is 7.20. The number of benzene rings is 1. The second-order valence-electron chi connectivity index (χ2n) is 8.44. The van der Waals surface area contributed by atoms with Crippen LogP contribution in [-0.4, -0.2) is 30.1 Å². The third-order valence-electron chi connectivity index (χ3n) is 5.85. The predicted molar refractivity (Wildman–Crippen MR) is 121 cm³/mol. The van der Waals surface area contributed by atoms with Crippen LogP contribution in [0.25, 0.3) is 10.4 Å². The Labute approximate surface area is 182 Å². The Bertz CT molecular complexity index is 896. The summed E-state index contributed by atoms with van der Waals surface area (Å²) in [5, 5.41) is 10.1. The molecule has 6 heteroatoms. The van der Waals surface area contributed by atoms with Gasteiger partial charge < -0.3 is 14.7 Å². The number of carbonyl (C=O) groups is 2. The van der Waals surface area contributed by atoms with Gasteiger partial charge >= 0.3 is 5.97 Å². The summed E-state index contributed by atoms with van der Waals surface area (Å²) in [5.41, 5.74) is 2.12. The molecule has 0 spiro atoms. The zero-order valence-electron chi connectivity index (χ0n) is 18.2. The van der Waals surface area contributed by atoms with Crippen LogP contribution in [0.15, 0.2) is 30.3 Å². The molecule has 162 valence electrons. The molecule has 1 saturated carbocycles. The van der Waals surface area contributed by atoms with Crippen molar-refractivity contribution < 1.29 is 19.4 Å². The number of methoxy groups -OCH3 is 1. The van der Waals surface area contributed by atoms with Gasteiger partial charge in [-0.15, -0.1) is 11.3 Å². The Morgan fingerprint density at radius 2 is 1.90 bits per heavy atom. The molecule has 30 heavy (non-hydrogen) atoms. The Morgan fingerprint density at radius 1 is 1.20 bits per heavy atom. The van der Waals surface area contributed by atoms with Gasteiger partial charge in [0.05, 0.1) is 19.3 Å². The lowest BCUT2D eigenvalue weighted by atomic mass is 9.82. The lowest BCUT2D eigenvalue weighted by Crippen LogP contribution is -2.42. The van der Waals surface area contributed by atoms with Gasteiger partial charge in [0.2, 0.25) is 5.91 Å². The molecule has 1 amide bonds. The van der Waals surface area contributed by atoms with Gasteiger partial charge in [0.15, 0.2) is 0 Å². The Balaban J connectivity index is 2.02. The molecular formula is C24H31NO4S. The molecule has 2 aromatic rings. The summed E-state index contributed by atoms with van der Waals surface area (Å²) >= 11 is 1.43. The fraction of sp³-hybridized carbons (Fsp3) is 0.500. The fourth-order valence-corrected chi connectivity index (χ4v) is 5.36. The number of aliphatic hydroxyl groups is 1. The van der Waals surface area contributed by atoms with Crippen molar-refractivity contribution in [1.29, 1.82) is 0 Å². The first-order valence-corrected chi connectivity index (χ1v) is 11.4. The van der Waals surface area contributed by atoms with Gasteiger partial charge in [-0.25, -0.2) is 4.79 Å². The van der Waals surface area contributed by atoms with E-state index in [1.807, 2.05) is 38.1 Å². The molecule has 1 heterocycles. The normalized spacial score (nSPS) is 19.0. The summed E-state index contributed by atoms with van der Waals surface area (Å²) < 4.78 is 5.03. The lowest BCUT2D eigenvalue weighted by Gasteiger charge is -2.33. The summed E-state index contributed by atoms with van der Waals surface area (Å²) in [4.78, 5) is 28.7. The number of hydrogen-bond donors (Lipinski definition) is 1. The summed E-state index contributed by atoms with van der Waals surface area (Å²) in [6, 6.07) is 9.31. The number of amides is 1. The number of hydrogen-bond acceptors (Lipinski definition) is 5. The van der Waals surface area contributed by atoms with Gasteiger partial charge in [-0.2, -0.15) is 0 Å². The van der Waals surface area contributed by atoms with E-state index in [1.165, 1.54) is 18.4 Å². The number of thiophene rings is 1. The van der Waals surface area contributed by atoms with Gasteiger partial charge in [-0.1, -0.05) is 25.1 Å². The number of ether oxygens (including phenoxy) is 1. The van der Waals surface area contributed by atoms with Gasteiger partial charge in [0.1, 0.15) is 5.00 Å². The molecule has 3 rings (SSSR count). The monoisotopic (exact) mass is 429 g/mol.